The van der Waals surface area contributed by atoms with Crippen molar-refractivity contribution in [2.75, 3.05) is 19.6 Å². The fourth-order valence-corrected chi connectivity index (χ4v) is 3.56. The van der Waals surface area contributed by atoms with Gasteiger partial charge in [0.2, 0.25) is 0 Å². The maximum atomic E-state index is 12.3. The zero-order valence-electron chi connectivity index (χ0n) is 15.3. The second kappa shape index (κ2) is 7.14. The van der Waals surface area contributed by atoms with Crippen LogP contribution in [0.1, 0.15) is 56.7 Å². The molecule has 1 saturated heterocycles. The molecule has 0 atom stereocenters. The molecule has 0 saturated carbocycles. The lowest BCUT2D eigenvalue weighted by Crippen LogP contribution is -2.40. The highest BCUT2D eigenvalue weighted by Gasteiger charge is 2.25. The molecule has 0 unspecified atom stereocenters. The first-order valence-corrected chi connectivity index (χ1v) is 9.22. The first-order chi connectivity index (χ1) is 11.4. The van der Waals surface area contributed by atoms with E-state index < -0.39 is 5.60 Å². The first-order valence-electron chi connectivity index (χ1n) is 9.22. The van der Waals surface area contributed by atoms with Crippen LogP contribution in [0.2, 0.25) is 0 Å². The Morgan fingerprint density at radius 3 is 2.54 bits per heavy atom. The fourth-order valence-electron chi connectivity index (χ4n) is 3.56. The number of amides is 1. The molecule has 0 N–H and O–H groups in total. The van der Waals surface area contributed by atoms with Crippen molar-refractivity contribution in [2.24, 2.45) is 0 Å². The smallest absolute Gasteiger partial charge is 0.410 e. The number of hydrogen-bond donors (Lipinski definition) is 0. The number of piperidine rings is 1. The Hall–Kier alpha value is -1.55. The number of hydrogen-bond acceptors (Lipinski definition) is 3. The number of carbonyl (C=O) groups is 1. The molecule has 2 heterocycles. The molecule has 1 aromatic carbocycles. The van der Waals surface area contributed by atoms with Crippen LogP contribution in [0, 0.1) is 0 Å². The van der Waals surface area contributed by atoms with E-state index in [2.05, 4.69) is 23.1 Å². The summed E-state index contributed by atoms with van der Waals surface area (Å²) < 4.78 is 5.50. The first kappa shape index (κ1) is 17.3. The van der Waals surface area contributed by atoms with Gasteiger partial charge in [-0.15, -0.1) is 0 Å². The van der Waals surface area contributed by atoms with Gasteiger partial charge >= 0.3 is 6.09 Å². The van der Waals surface area contributed by atoms with Gasteiger partial charge < -0.3 is 9.64 Å². The second-order valence-electron chi connectivity index (χ2n) is 8.09. The normalized spacial score (nSPS) is 19.0. The Labute approximate surface area is 145 Å². The van der Waals surface area contributed by atoms with E-state index in [1.54, 1.807) is 0 Å². The minimum Gasteiger partial charge on any atom is -0.444 e. The molecule has 1 fully saturated rings. The lowest BCUT2D eigenvalue weighted by atomic mass is 9.97. The molecule has 3 rings (SSSR count). The van der Waals surface area contributed by atoms with Gasteiger partial charge in [-0.25, -0.2) is 4.79 Å². The van der Waals surface area contributed by atoms with Crippen LogP contribution in [0.15, 0.2) is 18.2 Å². The summed E-state index contributed by atoms with van der Waals surface area (Å²) in [4.78, 5) is 16.6. The summed E-state index contributed by atoms with van der Waals surface area (Å²) in [5.74, 6) is 0. The standard InChI is InChI=1S/C20H30N2O2/c1-20(2,3)24-19(23)22-12-9-17-13-16(7-8-18(17)15-22)14-21-10-5-4-6-11-21/h7-8,13H,4-6,9-12,14-15H2,1-3H3. The summed E-state index contributed by atoms with van der Waals surface area (Å²) in [6, 6.07) is 6.77. The summed E-state index contributed by atoms with van der Waals surface area (Å²) in [6.45, 7) is 10.7. The van der Waals surface area contributed by atoms with Gasteiger partial charge in [-0.05, 0) is 69.8 Å². The lowest BCUT2D eigenvalue weighted by molar-refractivity contribution is 0.0224. The molecule has 4 nitrogen and oxygen atoms in total. The van der Waals surface area contributed by atoms with Crippen molar-refractivity contribution in [3.05, 3.63) is 34.9 Å². The van der Waals surface area contributed by atoms with Crippen LogP contribution < -0.4 is 0 Å². The number of likely N-dealkylation sites (tertiary alicyclic amines) is 1. The molecule has 0 spiro atoms. The van der Waals surface area contributed by atoms with Gasteiger partial charge in [0.1, 0.15) is 5.60 Å². The van der Waals surface area contributed by atoms with Crippen molar-refractivity contribution >= 4 is 6.09 Å². The van der Waals surface area contributed by atoms with Crippen LogP contribution in [0.5, 0.6) is 0 Å². The Morgan fingerprint density at radius 1 is 1.08 bits per heavy atom. The van der Waals surface area contributed by atoms with Crippen LogP contribution in [-0.2, 0) is 24.2 Å². The molecule has 1 amide bonds. The van der Waals surface area contributed by atoms with Crippen LogP contribution in [0.3, 0.4) is 0 Å². The number of rotatable bonds is 2. The van der Waals surface area contributed by atoms with E-state index in [1.807, 2.05) is 25.7 Å². The SMILES string of the molecule is CC(C)(C)OC(=O)N1CCc2cc(CN3CCCCC3)ccc2C1. The molecular weight excluding hydrogens is 300 g/mol. The van der Waals surface area contributed by atoms with Crippen molar-refractivity contribution in [1.82, 2.24) is 9.80 Å². The Morgan fingerprint density at radius 2 is 1.83 bits per heavy atom. The highest BCUT2D eigenvalue weighted by molar-refractivity contribution is 5.68. The molecule has 0 aromatic heterocycles. The van der Waals surface area contributed by atoms with Gasteiger partial charge in [0.05, 0.1) is 0 Å². The van der Waals surface area contributed by atoms with Crippen molar-refractivity contribution in [3.63, 3.8) is 0 Å². The third-order valence-electron chi connectivity index (χ3n) is 4.79. The topological polar surface area (TPSA) is 32.8 Å². The molecule has 24 heavy (non-hydrogen) atoms. The molecule has 0 radical (unpaired) electrons. The molecule has 132 valence electrons. The molecular formula is C20H30N2O2. The van der Waals surface area contributed by atoms with Gasteiger partial charge in [-0.1, -0.05) is 24.6 Å². The number of fused-ring (bicyclic) bond motifs is 1. The van der Waals surface area contributed by atoms with Gasteiger partial charge in [0, 0.05) is 19.6 Å². The van der Waals surface area contributed by atoms with Crippen molar-refractivity contribution < 1.29 is 9.53 Å². The quantitative estimate of drug-likeness (QED) is 0.823. The zero-order chi connectivity index (χ0) is 17.2. The van der Waals surface area contributed by atoms with Gasteiger partial charge in [-0.2, -0.15) is 0 Å². The van der Waals surface area contributed by atoms with E-state index in [9.17, 15) is 4.79 Å². The Balaban J connectivity index is 1.62. The van der Waals surface area contributed by atoms with Crippen LogP contribution in [-0.4, -0.2) is 41.1 Å². The zero-order valence-corrected chi connectivity index (χ0v) is 15.3. The second-order valence-corrected chi connectivity index (χ2v) is 8.09. The summed E-state index contributed by atoms with van der Waals surface area (Å²) >= 11 is 0. The van der Waals surface area contributed by atoms with Crippen molar-refractivity contribution in [3.8, 4) is 0 Å². The average molecular weight is 330 g/mol. The molecule has 4 heteroatoms. The maximum Gasteiger partial charge on any atom is 0.410 e. The largest absolute Gasteiger partial charge is 0.444 e. The Bertz CT molecular complexity index is 586. The number of benzene rings is 1. The predicted molar refractivity (Wildman–Crippen MR) is 95.9 cm³/mol. The minimum atomic E-state index is -0.435. The number of carbonyl (C=O) groups excluding carboxylic acids is 1. The van der Waals surface area contributed by atoms with Gasteiger partial charge in [0.15, 0.2) is 0 Å². The highest BCUT2D eigenvalue weighted by Crippen LogP contribution is 2.23. The average Bonchev–Trinajstić information content (AvgIpc) is 2.53. The Kier molecular flexibility index (Phi) is 5.14. The maximum absolute atomic E-state index is 12.3. The molecule has 0 bridgehead atoms. The summed E-state index contributed by atoms with van der Waals surface area (Å²) in [5, 5.41) is 0. The van der Waals surface area contributed by atoms with E-state index in [0.717, 1.165) is 19.5 Å². The molecule has 2 aliphatic rings. The lowest BCUT2D eigenvalue weighted by Gasteiger charge is -2.32. The van der Waals surface area contributed by atoms with Crippen molar-refractivity contribution in [1.29, 1.82) is 0 Å². The third kappa shape index (κ3) is 4.50. The monoisotopic (exact) mass is 330 g/mol. The number of nitrogens with zero attached hydrogens (tertiary/aromatic N) is 2. The summed E-state index contributed by atoms with van der Waals surface area (Å²) in [6.07, 6.45) is 4.75. The molecule has 2 aliphatic heterocycles. The highest BCUT2D eigenvalue weighted by atomic mass is 16.6. The number of ether oxygens (including phenoxy) is 1. The van der Waals surface area contributed by atoms with Crippen LogP contribution in [0.25, 0.3) is 0 Å². The van der Waals surface area contributed by atoms with Crippen LogP contribution >= 0.6 is 0 Å². The van der Waals surface area contributed by atoms with E-state index in [4.69, 9.17) is 4.74 Å². The molecule has 0 aliphatic carbocycles. The van der Waals surface area contributed by atoms with E-state index >= 15 is 0 Å². The van der Waals surface area contributed by atoms with Gasteiger partial charge in [-0.3, -0.25) is 4.90 Å². The van der Waals surface area contributed by atoms with Crippen molar-refractivity contribution in [2.45, 2.75) is 65.1 Å². The van der Waals surface area contributed by atoms with E-state index in [-0.39, 0.29) is 6.09 Å². The molecule has 1 aromatic rings. The van der Waals surface area contributed by atoms with Crippen LogP contribution in [0.4, 0.5) is 4.79 Å². The van der Waals surface area contributed by atoms with E-state index in [1.165, 1.54) is 49.0 Å². The summed E-state index contributed by atoms with van der Waals surface area (Å²) in [5.41, 5.74) is 3.62. The van der Waals surface area contributed by atoms with E-state index in [0.29, 0.717) is 6.54 Å². The summed E-state index contributed by atoms with van der Waals surface area (Å²) in [7, 11) is 0. The predicted octanol–water partition coefficient (Wildman–Crippen LogP) is 3.97. The fraction of sp³-hybridized carbons (Fsp3) is 0.650. The van der Waals surface area contributed by atoms with Gasteiger partial charge in [0.25, 0.3) is 0 Å². The third-order valence-corrected chi connectivity index (χ3v) is 4.79. The minimum absolute atomic E-state index is 0.203.